The fourth-order valence-electron chi connectivity index (χ4n) is 4.25. The number of carbonyl (C=O) groups excluding carboxylic acids is 2. The van der Waals surface area contributed by atoms with Crippen LogP contribution in [0.15, 0.2) is 42.5 Å². The van der Waals surface area contributed by atoms with Crippen LogP contribution in [-0.4, -0.2) is 24.6 Å². The molecule has 1 aliphatic carbocycles. The SMILES string of the molecule is CCOC(=O)c1cc(NC(=O)C2(c3ccccc3F)CCCCC2)ccc1OC(C)CC. The Morgan fingerprint density at radius 3 is 2.47 bits per heavy atom. The molecule has 0 aromatic heterocycles. The van der Waals surface area contributed by atoms with Gasteiger partial charge >= 0.3 is 5.97 Å². The number of halogens is 1. The van der Waals surface area contributed by atoms with E-state index in [9.17, 15) is 14.0 Å². The third-order valence-electron chi connectivity index (χ3n) is 6.17. The van der Waals surface area contributed by atoms with Crippen molar-refractivity contribution in [1.82, 2.24) is 0 Å². The summed E-state index contributed by atoms with van der Waals surface area (Å²) < 4.78 is 25.8. The smallest absolute Gasteiger partial charge is 0.341 e. The van der Waals surface area contributed by atoms with E-state index in [4.69, 9.17) is 9.47 Å². The molecule has 0 spiro atoms. The molecule has 0 aliphatic heterocycles. The second kappa shape index (κ2) is 10.6. The van der Waals surface area contributed by atoms with Crippen molar-refractivity contribution >= 4 is 17.6 Å². The molecule has 1 aliphatic rings. The molecule has 0 bridgehead atoms. The molecular formula is C26H32FNO4. The van der Waals surface area contributed by atoms with Gasteiger partial charge < -0.3 is 14.8 Å². The number of hydrogen-bond donors (Lipinski definition) is 1. The Kier molecular flexibility index (Phi) is 7.89. The van der Waals surface area contributed by atoms with Crippen LogP contribution in [0, 0.1) is 5.82 Å². The normalized spacial score (nSPS) is 16.1. The lowest BCUT2D eigenvalue weighted by Gasteiger charge is -2.36. The van der Waals surface area contributed by atoms with Crippen molar-refractivity contribution in [3.05, 3.63) is 59.4 Å². The summed E-state index contributed by atoms with van der Waals surface area (Å²) in [4.78, 5) is 26.1. The third-order valence-corrected chi connectivity index (χ3v) is 6.17. The van der Waals surface area contributed by atoms with Crippen LogP contribution in [0.4, 0.5) is 10.1 Å². The zero-order valence-corrected chi connectivity index (χ0v) is 19.1. The van der Waals surface area contributed by atoms with Gasteiger partial charge in [-0.05, 0) is 57.4 Å². The molecule has 2 aromatic rings. The van der Waals surface area contributed by atoms with Crippen LogP contribution < -0.4 is 10.1 Å². The monoisotopic (exact) mass is 441 g/mol. The number of benzene rings is 2. The number of esters is 1. The number of rotatable bonds is 8. The summed E-state index contributed by atoms with van der Waals surface area (Å²) in [6, 6.07) is 11.5. The van der Waals surface area contributed by atoms with Crippen LogP contribution in [0.1, 0.15) is 75.2 Å². The maximum atomic E-state index is 14.7. The zero-order valence-electron chi connectivity index (χ0n) is 19.1. The van der Waals surface area contributed by atoms with Crippen LogP contribution in [0.3, 0.4) is 0 Å². The van der Waals surface area contributed by atoms with E-state index in [-0.39, 0.29) is 30.0 Å². The van der Waals surface area contributed by atoms with Crippen molar-refractivity contribution < 1.29 is 23.5 Å². The van der Waals surface area contributed by atoms with E-state index < -0.39 is 11.4 Å². The second-order valence-electron chi connectivity index (χ2n) is 8.34. The first-order valence-corrected chi connectivity index (χ1v) is 11.5. The van der Waals surface area contributed by atoms with Gasteiger partial charge in [0, 0.05) is 11.3 Å². The number of hydrogen-bond acceptors (Lipinski definition) is 4. The largest absolute Gasteiger partial charge is 0.490 e. The Morgan fingerprint density at radius 1 is 1.09 bits per heavy atom. The molecule has 0 radical (unpaired) electrons. The lowest BCUT2D eigenvalue weighted by molar-refractivity contribution is -0.122. The molecule has 0 heterocycles. The quantitative estimate of drug-likeness (QED) is 0.509. The molecule has 1 atom stereocenters. The summed E-state index contributed by atoms with van der Waals surface area (Å²) in [7, 11) is 0. The predicted octanol–water partition coefficient (Wildman–Crippen LogP) is 6.02. The maximum Gasteiger partial charge on any atom is 0.341 e. The number of carbonyl (C=O) groups is 2. The van der Waals surface area contributed by atoms with Crippen molar-refractivity contribution in [1.29, 1.82) is 0 Å². The van der Waals surface area contributed by atoms with Crippen LogP contribution in [0.2, 0.25) is 0 Å². The zero-order chi connectivity index (χ0) is 23.1. The van der Waals surface area contributed by atoms with E-state index in [0.29, 0.717) is 29.8 Å². The molecule has 32 heavy (non-hydrogen) atoms. The van der Waals surface area contributed by atoms with Gasteiger partial charge in [-0.2, -0.15) is 0 Å². The highest BCUT2D eigenvalue weighted by Gasteiger charge is 2.43. The van der Waals surface area contributed by atoms with Crippen molar-refractivity contribution in [2.45, 2.75) is 70.8 Å². The first kappa shape index (κ1) is 23.8. The standard InChI is InChI=1S/C26H32FNO4/c1-4-18(3)32-23-14-13-19(17-20(23)24(29)31-5-2)28-25(30)26(15-9-6-10-16-26)21-11-7-8-12-22(21)27/h7-8,11-14,17-18H,4-6,9-10,15-16H2,1-3H3,(H,28,30). The van der Waals surface area contributed by atoms with Gasteiger partial charge in [0.1, 0.15) is 17.1 Å². The first-order valence-electron chi connectivity index (χ1n) is 11.5. The summed E-state index contributed by atoms with van der Waals surface area (Å²) in [6.45, 7) is 5.88. The minimum Gasteiger partial charge on any atom is -0.490 e. The van der Waals surface area contributed by atoms with E-state index in [1.807, 2.05) is 13.8 Å². The van der Waals surface area contributed by atoms with Crippen LogP contribution >= 0.6 is 0 Å². The Hall–Kier alpha value is -2.89. The highest BCUT2D eigenvalue weighted by molar-refractivity contribution is 6.01. The molecule has 0 saturated heterocycles. The van der Waals surface area contributed by atoms with E-state index in [0.717, 1.165) is 25.7 Å². The molecule has 2 aromatic carbocycles. The summed E-state index contributed by atoms with van der Waals surface area (Å²) in [5.41, 5.74) is 0.212. The lowest BCUT2D eigenvalue weighted by Crippen LogP contribution is -2.42. The van der Waals surface area contributed by atoms with Gasteiger partial charge in [0.2, 0.25) is 5.91 Å². The maximum absolute atomic E-state index is 14.7. The highest BCUT2D eigenvalue weighted by Crippen LogP contribution is 2.41. The molecule has 1 saturated carbocycles. The van der Waals surface area contributed by atoms with E-state index >= 15 is 0 Å². The summed E-state index contributed by atoms with van der Waals surface area (Å²) in [5, 5.41) is 2.94. The molecule has 1 amide bonds. The van der Waals surface area contributed by atoms with Gasteiger partial charge in [0.15, 0.2) is 0 Å². The molecular weight excluding hydrogens is 409 g/mol. The fraction of sp³-hybridized carbons (Fsp3) is 0.462. The Balaban J connectivity index is 1.93. The van der Waals surface area contributed by atoms with Crippen molar-refractivity contribution in [2.24, 2.45) is 0 Å². The van der Waals surface area contributed by atoms with Gasteiger partial charge in [0.25, 0.3) is 0 Å². The minimum absolute atomic E-state index is 0.0739. The topological polar surface area (TPSA) is 64.6 Å². The minimum atomic E-state index is -0.931. The molecule has 172 valence electrons. The first-order chi connectivity index (χ1) is 15.4. The summed E-state index contributed by atoms with van der Waals surface area (Å²) >= 11 is 0. The van der Waals surface area contributed by atoms with E-state index in [1.165, 1.54) is 6.07 Å². The van der Waals surface area contributed by atoms with Gasteiger partial charge in [-0.25, -0.2) is 9.18 Å². The molecule has 1 unspecified atom stereocenters. The second-order valence-corrected chi connectivity index (χ2v) is 8.34. The molecule has 1 fully saturated rings. The van der Waals surface area contributed by atoms with Crippen molar-refractivity contribution in [3.63, 3.8) is 0 Å². The van der Waals surface area contributed by atoms with Crippen molar-refractivity contribution in [2.75, 3.05) is 11.9 Å². The average Bonchev–Trinajstić information content (AvgIpc) is 2.80. The van der Waals surface area contributed by atoms with Crippen molar-refractivity contribution in [3.8, 4) is 5.75 Å². The van der Waals surface area contributed by atoms with Crippen LogP contribution in [0.5, 0.6) is 5.75 Å². The van der Waals surface area contributed by atoms with E-state index in [2.05, 4.69) is 5.32 Å². The van der Waals surface area contributed by atoms with Gasteiger partial charge in [-0.15, -0.1) is 0 Å². The van der Waals surface area contributed by atoms with Crippen LogP contribution in [-0.2, 0) is 14.9 Å². The number of nitrogens with one attached hydrogen (secondary N) is 1. The Labute approximate surface area is 189 Å². The number of amides is 1. The molecule has 3 rings (SSSR count). The van der Waals surface area contributed by atoms with Crippen LogP contribution in [0.25, 0.3) is 0 Å². The molecule has 6 heteroatoms. The van der Waals surface area contributed by atoms with E-state index in [1.54, 1.807) is 43.3 Å². The Bertz CT molecular complexity index is 953. The predicted molar refractivity (Wildman–Crippen MR) is 123 cm³/mol. The Morgan fingerprint density at radius 2 is 1.81 bits per heavy atom. The summed E-state index contributed by atoms with van der Waals surface area (Å²) in [5.74, 6) is -0.720. The number of anilines is 1. The third kappa shape index (κ3) is 5.12. The fourth-order valence-corrected chi connectivity index (χ4v) is 4.25. The highest BCUT2D eigenvalue weighted by atomic mass is 19.1. The van der Waals surface area contributed by atoms with Gasteiger partial charge in [0.05, 0.1) is 18.1 Å². The summed E-state index contributed by atoms with van der Waals surface area (Å²) in [6.07, 6.45) is 4.62. The van der Waals surface area contributed by atoms with Gasteiger partial charge in [-0.3, -0.25) is 4.79 Å². The van der Waals surface area contributed by atoms with Gasteiger partial charge in [-0.1, -0.05) is 44.4 Å². The average molecular weight is 442 g/mol. The number of ether oxygens (including phenoxy) is 2. The molecule has 5 nitrogen and oxygen atoms in total. The molecule has 1 N–H and O–H groups in total. The lowest BCUT2D eigenvalue weighted by atomic mass is 9.68.